The monoisotopic (exact) mass is 443 g/mol. The Morgan fingerprint density at radius 3 is 2.38 bits per heavy atom. The molecule has 0 heterocycles. The molecule has 0 aliphatic rings. The van der Waals surface area contributed by atoms with E-state index in [1.807, 2.05) is 49.4 Å². The van der Waals surface area contributed by atoms with Crippen molar-refractivity contribution in [2.75, 3.05) is 0 Å². The topological polar surface area (TPSA) is 49.3 Å². The quantitative estimate of drug-likeness (QED) is 0.323. The Morgan fingerprint density at radius 1 is 0.875 bits per heavy atom. The van der Waals surface area contributed by atoms with Gasteiger partial charge in [-0.05, 0) is 89.7 Å². The van der Waals surface area contributed by atoms with Crippen molar-refractivity contribution in [1.29, 1.82) is 0 Å². The van der Waals surface area contributed by atoms with Gasteiger partial charge in [0.15, 0.2) is 0 Å². The summed E-state index contributed by atoms with van der Waals surface area (Å²) in [4.78, 5) is 11.7. The first-order valence-electron chi connectivity index (χ1n) is 10.7. The van der Waals surface area contributed by atoms with Crippen LogP contribution >= 0.6 is 11.6 Å². The number of carboxylic acid groups (broad SMARTS) is 1. The number of nitrogens with one attached hydrogen (secondary N) is 1. The van der Waals surface area contributed by atoms with Gasteiger partial charge in [0.05, 0.1) is 5.56 Å². The molecule has 0 amide bonds. The molecule has 4 aromatic carbocycles. The predicted molar refractivity (Wildman–Crippen MR) is 132 cm³/mol. The second-order valence-corrected chi connectivity index (χ2v) is 8.73. The standard InChI is InChI=1S/C28H26ClNO2/c1-17-11-12-22(15-26(17)28(31)32)27-16-23(13-21-7-4-5-10-25(21)27)19(3)30-18(2)20-8-6-9-24(29)14-20/h4-16,18-19,30H,1-3H3,(H,31,32)/t18-,19?/m1/s1. The largest absolute Gasteiger partial charge is 0.478 e. The molecule has 3 nitrogen and oxygen atoms in total. The number of aromatic carboxylic acids is 1. The van der Waals surface area contributed by atoms with Gasteiger partial charge in [-0.15, -0.1) is 0 Å². The van der Waals surface area contributed by atoms with E-state index >= 15 is 0 Å². The highest BCUT2D eigenvalue weighted by atomic mass is 35.5. The third kappa shape index (κ3) is 4.55. The number of rotatable bonds is 6. The van der Waals surface area contributed by atoms with E-state index in [0.717, 1.165) is 43.6 Å². The van der Waals surface area contributed by atoms with Crippen molar-refractivity contribution in [3.63, 3.8) is 0 Å². The summed E-state index contributed by atoms with van der Waals surface area (Å²) in [6.07, 6.45) is 0. The summed E-state index contributed by atoms with van der Waals surface area (Å²) >= 11 is 6.17. The van der Waals surface area contributed by atoms with Crippen LogP contribution in [0.3, 0.4) is 0 Å². The van der Waals surface area contributed by atoms with Gasteiger partial charge >= 0.3 is 5.97 Å². The molecular weight excluding hydrogens is 418 g/mol. The minimum atomic E-state index is -0.907. The number of fused-ring (bicyclic) bond motifs is 1. The number of hydrogen-bond acceptors (Lipinski definition) is 2. The second-order valence-electron chi connectivity index (χ2n) is 8.29. The van der Waals surface area contributed by atoms with Crippen LogP contribution in [0.2, 0.25) is 5.02 Å². The molecule has 0 spiro atoms. The third-order valence-corrected chi connectivity index (χ3v) is 6.25. The lowest BCUT2D eigenvalue weighted by molar-refractivity contribution is 0.0696. The van der Waals surface area contributed by atoms with E-state index in [9.17, 15) is 9.90 Å². The van der Waals surface area contributed by atoms with E-state index in [1.165, 1.54) is 0 Å². The number of halogens is 1. The van der Waals surface area contributed by atoms with Crippen LogP contribution < -0.4 is 5.32 Å². The third-order valence-electron chi connectivity index (χ3n) is 6.01. The summed E-state index contributed by atoms with van der Waals surface area (Å²) in [5.41, 5.74) is 5.30. The molecule has 4 aromatic rings. The first-order chi connectivity index (χ1) is 15.3. The number of carbonyl (C=O) groups is 1. The fourth-order valence-corrected chi connectivity index (χ4v) is 4.38. The lowest BCUT2D eigenvalue weighted by Crippen LogP contribution is -2.22. The van der Waals surface area contributed by atoms with Crippen molar-refractivity contribution in [3.05, 3.63) is 106 Å². The van der Waals surface area contributed by atoms with Crippen molar-refractivity contribution < 1.29 is 9.90 Å². The molecule has 162 valence electrons. The molecule has 32 heavy (non-hydrogen) atoms. The first kappa shape index (κ1) is 22.1. The summed E-state index contributed by atoms with van der Waals surface area (Å²) in [6.45, 7) is 6.10. The molecule has 0 radical (unpaired) electrons. The maximum absolute atomic E-state index is 11.7. The number of benzene rings is 4. The number of hydrogen-bond donors (Lipinski definition) is 2. The van der Waals surface area contributed by atoms with Crippen LogP contribution in [0.1, 0.15) is 53.0 Å². The molecule has 0 bridgehead atoms. The zero-order valence-corrected chi connectivity index (χ0v) is 19.1. The Morgan fingerprint density at radius 2 is 1.62 bits per heavy atom. The van der Waals surface area contributed by atoms with Gasteiger partial charge in [0, 0.05) is 17.1 Å². The zero-order chi connectivity index (χ0) is 22.8. The van der Waals surface area contributed by atoms with E-state index in [1.54, 1.807) is 6.07 Å². The molecule has 0 saturated heterocycles. The maximum Gasteiger partial charge on any atom is 0.335 e. The molecule has 4 heteroatoms. The summed E-state index contributed by atoms with van der Waals surface area (Å²) in [5, 5.41) is 16.2. The van der Waals surface area contributed by atoms with E-state index in [4.69, 9.17) is 11.6 Å². The average molecular weight is 444 g/mol. The Bertz CT molecular complexity index is 1300. The van der Waals surface area contributed by atoms with E-state index < -0.39 is 5.97 Å². The normalized spacial score (nSPS) is 13.1. The SMILES string of the molecule is Cc1ccc(-c2cc(C(C)N[C@H](C)c3cccc(Cl)c3)cc3ccccc23)cc1C(=O)O. The Balaban J connectivity index is 1.75. The predicted octanol–water partition coefficient (Wildman–Crippen LogP) is 7.58. The fraction of sp³-hybridized carbons (Fsp3) is 0.179. The lowest BCUT2D eigenvalue weighted by Gasteiger charge is -2.22. The molecular formula is C28H26ClNO2. The molecule has 0 aliphatic carbocycles. The van der Waals surface area contributed by atoms with Crippen LogP contribution in [0.4, 0.5) is 0 Å². The average Bonchev–Trinajstić information content (AvgIpc) is 2.78. The van der Waals surface area contributed by atoms with Gasteiger partial charge in [-0.1, -0.05) is 60.1 Å². The van der Waals surface area contributed by atoms with Crippen molar-refractivity contribution in [1.82, 2.24) is 5.32 Å². The highest BCUT2D eigenvalue weighted by Gasteiger charge is 2.16. The molecule has 0 aromatic heterocycles. The summed E-state index contributed by atoms with van der Waals surface area (Å²) in [5.74, 6) is -0.907. The highest BCUT2D eigenvalue weighted by molar-refractivity contribution is 6.30. The van der Waals surface area contributed by atoms with Crippen LogP contribution in [-0.2, 0) is 0 Å². The number of aryl methyl sites for hydroxylation is 1. The van der Waals surface area contributed by atoms with Gasteiger partial charge < -0.3 is 10.4 Å². The van der Waals surface area contributed by atoms with Gasteiger partial charge in [0.1, 0.15) is 0 Å². The highest BCUT2D eigenvalue weighted by Crippen LogP contribution is 2.34. The van der Waals surface area contributed by atoms with E-state index in [2.05, 4.69) is 49.5 Å². The molecule has 0 fully saturated rings. The molecule has 2 N–H and O–H groups in total. The Hall–Kier alpha value is -3.14. The molecule has 0 aliphatic heterocycles. The Labute approximate surface area is 193 Å². The van der Waals surface area contributed by atoms with Crippen LogP contribution in [-0.4, -0.2) is 11.1 Å². The molecule has 2 atom stereocenters. The van der Waals surface area contributed by atoms with Gasteiger partial charge in [-0.2, -0.15) is 0 Å². The van der Waals surface area contributed by atoms with Gasteiger partial charge in [-0.25, -0.2) is 4.79 Å². The van der Waals surface area contributed by atoms with Crippen molar-refractivity contribution in [2.45, 2.75) is 32.9 Å². The van der Waals surface area contributed by atoms with Gasteiger partial charge in [-0.3, -0.25) is 0 Å². The maximum atomic E-state index is 11.7. The summed E-state index contributed by atoms with van der Waals surface area (Å²) in [7, 11) is 0. The molecule has 0 saturated carbocycles. The zero-order valence-electron chi connectivity index (χ0n) is 18.4. The lowest BCUT2D eigenvalue weighted by atomic mass is 9.91. The molecule has 4 rings (SSSR count). The van der Waals surface area contributed by atoms with Crippen molar-refractivity contribution in [2.24, 2.45) is 0 Å². The minimum Gasteiger partial charge on any atom is -0.478 e. The summed E-state index contributed by atoms with van der Waals surface area (Å²) < 4.78 is 0. The number of carboxylic acids is 1. The fourth-order valence-electron chi connectivity index (χ4n) is 4.19. The van der Waals surface area contributed by atoms with Crippen molar-refractivity contribution >= 4 is 28.3 Å². The molecule has 1 unspecified atom stereocenters. The van der Waals surface area contributed by atoms with Gasteiger partial charge in [0.2, 0.25) is 0 Å². The van der Waals surface area contributed by atoms with Crippen LogP contribution in [0.5, 0.6) is 0 Å². The second kappa shape index (κ2) is 9.15. The van der Waals surface area contributed by atoms with Crippen LogP contribution in [0, 0.1) is 6.92 Å². The van der Waals surface area contributed by atoms with Gasteiger partial charge in [0.25, 0.3) is 0 Å². The Kier molecular flexibility index (Phi) is 6.31. The first-order valence-corrected chi connectivity index (χ1v) is 11.1. The summed E-state index contributed by atoms with van der Waals surface area (Å²) in [6, 6.07) is 26.3. The van der Waals surface area contributed by atoms with E-state index in [-0.39, 0.29) is 12.1 Å². The minimum absolute atomic E-state index is 0.0803. The van der Waals surface area contributed by atoms with E-state index in [0.29, 0.717) is 5.56 Å². The van der Waals surface area contributed by atoms with Crippen molar-refractivity contribution in [3.8, 4) is 11.1 Å². The smallest absolute Gasteiger partial charge is 0.335 e. The van der Waals surface area contributed by atoms with Crippen LogP contribution in [0.25, 0.3) is 21.9 Å². The van der Waals surface area contributed by atoms with Crippen LogP contribution in [0.15, 0.2) is 78.9 Å².